The van der Waals surface area contributed by atoms with Crippen molar-refractivity contribution >= 4 is 21.6 Å². The number of aryl methyl sites for hydroxylation is 1. The van der Waals surface area contributed by atoms with E-state index in [9.17, 15) is 0 Å². The number of anilines is 1. The summed E-state index contributed by atoms with van der Waals surface area (Å²) in [4.78, 5) is 0. The quantitative estimate of drug-likeness (QED) is 0.793. The molecule has 1 aromatic heterocycles. The number of halogens is 1. The maximum Gasteiger partial charge on any atom is 0.247 e. The van der Waals surface area contributed by atoms with Crippen LogP contribution < -0.4 is 5.73 Å². The number of nitrogens with two attached hydrogens (primary N) is 1. The van der Waals surface area contributed by atoms with Crippen LogP contribution in [-0.4, -0.2) is 10.2 Å². The minimum Gasteiger partial charge on any atom is -0.421 e. The van der Waals surface area contributed by atoms with E-state index >= 15 is 0 Å². The Kier molecular flexibility index (Phi) is 2.25. The lowest BCUT2D eigenvalue weighted by atomic mass is 10.2. The monoisotopic (exact) mass is 253 g/mol. The molecule has 0 saturated carbocycles. The van der Waals surface area contributed by atoms with E-state index in [0.717, 1.165) is 10.0 Å². The highest BCUT2D eigenvalue weighted by atomic mass is 79.9. The molecule has 0 spiro atoms. The van der Waals surface area contributed by atoms with Gasteiger partial charge in [0.2, 0.25) is 11.8 Å². The third-order valence-corrected chi connectivity index (χ3v) is 2.15. The highest BCUT2D eigenvalue weighted by molar-refractivity contribution is 9.10. The molecule has 2 N–H and O–H groups in total. The lowest BCUT2D eigenvalue weighted by molar-refractivity contribution is 0.533. The van der Waals surface area contributed by atoms with E-state index in [1.54, 1.807) is 13.0 Å². The van der Waals surface area contributed by atoms with Crippen molar-refractivity contribution in [3.05, 3.63) is 28.6 Å². The van der Waals surface area contributed by atoms with Crippen LogP contribution in [0.25, 0.3) is 11.5 Å². The topological polar surface area (TPSA) is 64.9 Å². The molecular weight excluding hydrogens is 246 g/mol. The molecular formula is C9H8BrN3O. The number of hydrogen-bond donors (Lipinski definition) is 1. The van der Waals surface area contributed by atoms with Crippen LogP contribution in [0, 0.1) is 6.92 Å². The molecule has 5 heteroatoms. The van der Waals surface area contributed by atoms with Gasteiger partial charge in [0, 0.05) is 22.6 Å². The number of aromatic nitrogens is 2. The van der Waals surface area contributed by atoms with E-state index in [4.69, 9.17) is 10.2 Å². The van der Waals surface area contributed by atoms with Gasteiger partial charge in [-0.3, -0.25) is 0 Å². The Morgan fingerprint density at radius 3 is 2.64 bits per heavy atom. The lowest BCUT2D eigenvalue weighted by Crippen LogP contribution is -1.86. The third kappa shape index (κ3) is 1.77. The van der Waals surface area contributed by atoms with Crippen LogP contribution >= 0.6 is 15.9 Å². The second kappa shape index (κ2) is 3.42. The molecule has 0 radical (unpaired) electrons. The van der Waals surface area contributed by atoms with Crippen LogP contribution in [0.2, 0.25) is 0 Å². The maximum absolute atomic E-state index is 5.68. The number of benzene rings is 1. The molecule has 0 aliphatic carbocycles. The van der Waals surface area contributed by atoms with Crippen LogP contribution in [0.3, 0.4) is 0 Å². The minimum absolute atomic E-state index is 0.482. The van der Waals surface area contributed by atoms with Crippen LogP contribution in [-0.2, 0) is 0 Å². The van der Waals surface area contributed by atoms with Crippen molar-refractivity contribution in [2.45, 2.75) is 6.92 Å². The summed E-state index contributed by atoms with van der Waals surface area (Å²) in [5, 5.41) is 7.65. The summed E-state index contributed by atoms with van der Waals surface area (Å²) in [5.74, 6) is 1.02. The normalized spacial score (nSPS) is 10.4. The summed E-state index contributed by atoms with van der Waals surface area (Å²) in [6, 6.07) is 5.48. The van der Waals surface area contributed by atoms with Gasteiger partial charge >= 0.3 is 0 Å². The summed E-state index contributed by atoms with van der Waals surface area (Å²) in [6.07, 6.45) is 0. The van der Waals surface area contributed by atoms with E-state index in [1.807, 2.05) is 12.1 Å². The Labute approximate surface area is 89.3 Å². The van der Waals surface area contributed by atoms with Crippen LogP contribution in [0.4, 0.5) is 5.69 Å². The highest BCUT2D eigenvalue weighted by Gasteiger charge is 2.06. The van der Waals surface area contributed by atoms with Crippen LogP contribution in [0.5, 0.6) is 0 Å². The van der Waals surface area contributed by atoms with Crippen LogP contribution in [0.15, 0.2) is 27.1 Å². The van der Waals surface area contributed by atoms with Gasteiger partial charge in [-0.2, -0.15) is 0 Å². The molecule has 1 heterocycles. The summed E-state index contributed by atoms with van der Waals surface area (Å²) in [7, 11) is 0. The lowest BCUT2D eigenvalue weighted by Gasteiger charge is -1.98. The molecule has 1 aromatic carbocycles. The number of nitrogens with zero attached hydrogens (tertiary/aromatic N) is 2. The SMILES string of the molecule is Cc1nnc(-c2cc(N)cc(Br)c2)o1. The Morgan fingerprint density at radius 1 is 1.29 bits per heavy atom. The Hall–Kier alpha value is -1.36. The van der Waals surface area contributed by atoms with Gasteiger partial charge in [-0.1, -0.05) is 15.9 Å². The van der Waals surface area contributed by atoms with Crippen molar-refractivity contribution in [1.29, 1.82) is 0 Å². The molecule has 2 aromatic rings. The fourth-order valence-electron chi connectivity index (χ4n) is 1.15. The van der Waals surface area contributed by atoms with Crippen molar-refractivity contribution < 1.29 is 4.42 Å². The maximum atomic E-state index is 5.68. The molecule has 0 amide bonds. The van der Waals surface area contributed by atoms with Crippen LogP contribution in [0.1, 0.15) is 5.89 Å². The molecule has 72 valence electrons. The molecule has 0 atom stereocenters. The molecule has 0 unspecified atom stereocenters. The summed E-state index contributed by atoms with van der Waals surface area (Å²) >= 11 is 3.35. The van der Waals surface area contributed by atoms with Crippen molar-refractivity contribution in [2.75, 3.05) is 5.73 Å². The van der Waals surface area contributed by atoms with Crippen molar-refractivity contribution in [1.82, 2.24) is 10.2 Å². The predicted octanol–water partition coefficient (Wildman–Crippen LogP) is 2.39. The largest absolute Gasteiger partial charge is 0.421 e. The van der Waals surface area contributed by atoms with Gasteiger partial charge in [0.15, 0.2) is 0 Å². The molecule has 0 bridgehead atoms. The first-order chi connectivity index (χ1) is 6.65. The van der Waals surface area contributed by atoms with Gasteiger partial charge in [0.25, 0.3) is 0 Å². The van der Waals surface area contributed by atoms with Gasteiger partial charge in [0.05, 0.1) is 0 Å². The second-order valence-corrected chi connectivity index (χ2v) is 3.82. The Bertz CT molecular complexity index is 447. The fourth-order valence-corrected chi connectivity index (χ4v) is 1.66. The number of hydrogen-bond acceptors (Lipinski definition) is 4. The van der Waals surface area contributed by atoms with Crippen molar-refractivity contribution in [3.63, 3.8) is 0 Å². The zero-order valence-electron chi connectivity index (χ0n) is 7.49. The number of nitrogen functional groups attached to an aromatic ring is 1. The molecule has 0 aliphatic rings. The average molecular weight is 254 g/mol. The first kappa shape index (κ1) is 9.21. The zero-order valence-corrected chi connectivity index (χ0v) is 9.08. The predicted molar refractivity (Wildman–Crippen MR) is 56.6 cm³/mol. The van der Waals surface area contributed by atoms with E-state index in [-0.39, 0.29) is 0 Å². The van der Waals surface area contributed by atoms with Crippen molar-refractivity contribution in [3.8, 4) is 11.5 Å². The van der Waals surface area contributed by atoms with E-state index in [1.165, 1.54) is 0 Å². The minimum atomic E-state index is 0.482. The second-order valence-electron chi connectivity index (χ2n) is 2.90. The molecule has 0 saturated heterocycles. The standard InChI is InChI=1S/C9H8BrN3O/c1-5-12-13-9(14-5)6-2-7(10)4-8(11)3-6/h2-4H,11H2,1H3. The highest BCUT2D eigenvalue weighted by Crippen LogP contribution is 2.24. The Morgan fingerprint density at radius 2 is 2.07 bits per heavy atom. The van der Waals surface area contributed by atoms with Gasteiger partial charge < -0.3 is 10.2 Å². The van der Waals surface area contributed by atoms with Gasteiger partial charge in [-0.15, -0.1) is 10.2 Å². The summed E-state index contributed by atoms with van der Waals surface area (Å²) in [6.45, 7) is 1.75. The first-order valence-electron chi connectivity index (χ1n) is 4.02. The molecule has 14 heavy (non-hydrogen) atoms. The number of rotatable bonds is 1. The third-order valence-electron chi connectivity index (χ3n) is 1.69. The van der Waals surface area contributed by atoms with Gasteiger partial charge in [-0.25, -0.2) is 0 Å². The average Bonchev–Trinajstić information content (AvgIpc) is 2.50. The smallest absolute Gasteiger partial charge is 0.247 e. The van der Waals surface area contributed by atoms with E-state index in [2.05, 4.69) is 26.1 Å². The molecule has 0 aliphatic heterocycles. The molecule has 2 rings (SSSR count). The van der Waals surface area contributed by atoms with E-state index < -0.39 is 0 Å². The van der Waals surface area contributed by atoms with Crippen molar-refractivity contribution in [2.24, 2.45) is 0 Å². The molecule has 0 fully saturated rings. The molecule has 4 nitrogen and oxygen atoms in total. The first-order valence-corrected chi connectivity index (χ1v) is 4.81. The van der Waals surface area contributed by atoms with E-state index in [0.29, 0.717) is 17.5 Å². The van der Waals surface area contributed by atoms with Gasteiger partial charge in [-0.05, 0) is 18.2 Å². The Balaban J connectivity index is 2.51. The fraction of sp³-hybridized carbons (Fsp3) is 0.111. The summed E-state index contributed by atoms with van der Waals surface area (Å²) in [5.41, 5.74) is 7.16. The summed E-state index contributed by atoms with van der Waals surface area (Å²) < 4.78 is 6.17. The zero-order chi connectivity index (χ0) is 10.1. The van der Waals surface area contributed by atoms with Gasteiger partial charge in [0.1, 0.15) is 0 Å².